The van der Waals surface area contributed by atoms with Crippen molar-refractivity contribution in [2.24, 2.45) is 0 Å². The van der Waals surface area contributed by atoms with Gasteiger partial charge in [0.1, 0.15) is 5.60 Å². The lowest BCUT2D eigenvalue weighted by Gasteiger charge is -2.35. The number of hydrogen-bond acceptors (Lipinski definition) is 3. The zero-order valence-corrected chi connectivity index (χ0v) is 12.2. The molecule has 0 fully saturated rings. The van der Waals surface area contributed by atoms with E-state index < -0.39 is 17.7 Å². The molecular weight excluding hydrogens is 315 g/mol. The first-order chi connectivity index (χ1) is 8.96. The summed E-state index contributed by atoms with van der Waals surface area (Å²) in [5.41, 5.74) is 0.298. The summed E-state index contributed by atoms with van der Waals surface area (Å²) in [4.78, 5) is 11.4. The van der Waals surface area contributed by atoms with Crippen molar-refractivity contribution in [1.82, 2.24) is 0 Å². The van der Waals surface area contributed by atoms with Crippen molar-refractivity contribution in [3.05, 3.63) is 33.8 Å². The quantitative estimate of drug-likeness (QED) is 0.866. The van der Waals surface area contributed by atoms with Crippen LogP contribution in [-0.4, -0.2) is 29.5 Å². The van der Waals surface area contributed by atoms with Crippen LogP contribution in [0.5, 0.6) is 0 Å². The number of rotatable bonds is 3. The molecule has 2 unspecified atom stereocenters. The zero-order chi connectivity index (χ0) is 14.0. The molecule has 0 bridgehead atoms. The Kier molecular flexibility index (Phi) is 4.26. The number of carbonyl (C=O) groups excluding carboxylic acids is 1. The van der Waals surface area contributed by atoms with Gasteiger partial charge in [-0.15, -0.1) is 0 Å². The minimum absolute atomic E-state index is 0.110. The molecule has 0 aliphatic heterocycles. The summed E-state index contributed by atoms with van der Waals surface area (Å²) in [6.07, 6.45) is -1.10. The molecule has 0 aromatic heterocycles. The monoisotopic (exact) mass is 330 g/mol. The lowest BCUT2D eigenvalue weighted by atomic mass is 9.78. The SMILES string of the molecule is CCOC(=O)C(F)C1(O)CCc2cc(Br)ccc2C1. The van der Waals surface area contributed by atoms with Crippen LogP contribution >= 0.6 is 15.9 Å². The highest BCUT2D eigenvalue weighted by Gasteiger charge is 2.45. The fourth-order valence-corrected chi connectivity index (χ4v) is 2.83. The van der Waals surface area contributed by atoms with Crippen LogP contribution in [0.2, 0.25) is 0 Å². The van der Waals surface area contributed by atoms with Crippen LogP contribution in [0.25, 0.3) is 0 Å². The third-order valence-electron chi connectivity index (χ3n) is 3.46. The van der Waals surface area contributed by atoms with E-state index in [1.807, 2.05) is 18.2 Å². The van der Waals surface area contributed by atoms with Gasteiger partial charge in [0.15, 0.2) is 0 Å². The molecule has 0 saturated heterocycles. The summed E-state index contributed by atoms with van der Waals surface area (Å²) in [6, 6.07) is 5.66. The Bertz CT molecular complexity index is 492. The molecule has 0 radical (unpaired) electrons. The number of alkyl halides is 1. The number of hydrogen-bond donors (Lipinski definition) is 1. The Balaban J connectivity index is 2.19. The van der Waals surface area contributed by atoms with Gasteiger partial charge in [-0.1, -0.05) is 22.0 Å². The highest BCUT2D eigenvalue weighted by atomic mass is 79.9. The molecule has 1 aliphatic carbocycles. The number of aliphatic hydroxyl groups is 1. The molecule has 0 heterocycles. The maximum atomic E-state index is 14.1. The van der Waals surface area contributed by atoms with Crippen LogP contribution in [0.15, 0.2) is 22.7 Å². The number of halogens is 2. The minimum Gasteiger partial charge on any atom is -0.464 e. The van der Waals surface area contributed by atoms with Crippen LogP contribution in [0.4, 0.5) is 4.39 Å². The van der Waals surface area contributed by atoms with Gasteiger partial charge in [-0.2, -0.15) is 0 Å². The molecular formula is C14H16BrFO3. The predicted octanol–water partition coefficient (Wildman–Crippen LogP) is 2.57. The van der Waals surface area contributed by atoms with Crippen LogP contribution in [0.1, 0.15) is 24.5 Å². The average Bonchev–Trinajstić information content (AvgIpc) is 2.38. The van der Waals surface area contributed by atoms with Crippen molar-refractivity contribution in [3.63, 3.8) is 0 Å². The van der Waals surface area contributed by atoms with E-state index in [1.165, 1.54) is 0 Å². The third kappa shape index (κ3) is 2.98. The summed E-state index contributed by atoms with van der Waals surface area (Å²) in [6.45, 7) is 1.72. The van der Waals surface area contributed by atoms with E-state index in [0.717, 1.165) is 15.6 Å². The molecule has 19 heavy (non-hydrogen) atoms. The summed E-state index contributed by atoms with van der Waals surface area (Å²) >= 11 is 3.38. The second kappa shape index (κ2) is 5.59. The Morgan fingerprint density at radius 3 is 3.00 bits per heavy atom. The molecule has 1 aliphatic rings. The first-order valence-electron chi connectivity index (χ1n) is 6.26. The largest absolute Gasteiger partial charge is 0.464 e. The van der Waals surface area contributed by atoms with Crippen molar-refractivity contribution in [2.45, 2.75) is 38.0 Å². The van der Waals surface area contributed by atoms with Gasteiger partial charge in [0.2, 0.25) is 6.17 Å². The summed E-state index contributed by atoms with van der Waals surface area (Å²) in [5, 5.41) is 10.4. The lowest BCUT2D eigenvalue weighted by Crippen LogP contribution is -2.49. The molecule has 0 spiro atoms. The summed E-state index contributed by atoms with van der Waals surface area (Å²) < 4.78 is 19.7. The highest BCUT2D eigenvalue weighted by Crippen LogP contribution is 2.34. The van der Waals surface area contributed by atoms with Crippen molar-refractivity contribution in [2.75, 3.05) is 6.61 Å². The van der Waals surface area contributed by atoms with Crippen molar-refractivity contribution < 1.29 is 19.0 Å². The van der Waals surface area contributed by atoms with Gasteiger partial charge in [-0.25, -0.2) is 9.18 Å². The molecule has 2 rings (SSSR count). The second-order valence-corrected chi connectivity index (χ2v) is 5.72. The van der Waals surface area contributed by atoms with Gasteiger partial charge < -0.3 is 9.84 Å². The Morgan fingerprint density at radius 1 is 1.58 bits per heavy atom. The fraction of sp³-hybridized carbons (Fsp3) is 0.500. The van der Waals surface area contributed by atoms with E-state index >= 15 is 0 Å². The fourth-order valence-electron chi connectivity index (χ4n) is 2.42. The predicted molar refractivity (Wildman–Crippen MR) is 72.6 cm³/mol. The summed E-state index contributed by atoms with van der Waals surface area (Å²) in [7, 11) is 0. The maximum absolute atomic E-state index is 14.1. The average molecular weight is 331 g/mol. The third-order valence-corrected chi connectivity index (χ3v) is 3.95. The topological polar surface area (TPSA) is 46.5 Å². The van der Waals surface area contributed by atoms with Gasteiger partial charge in [0.25, 0.3) is 0 Å². The Morgan fingerprint density at radius 2 is 2.32 bits per heavy atom. The first kappa shape index (κ1) is 14.5. The van der Waals surface area contributed by atoms with Gasteiger partial charge in [0, 0.05) is 10.9 Å². The highest BCUT2D eigenvalue weighted by molar-refractivity contribution is 9.10. The van der Waals surface area contributed by atoms with E-state index in [-0.39, 0.29) is 19.4 Å². The number of carbonyl (C=O) groups is 1. The zero-order valence-electron chi connectivity index (χ0n) is 10.7. The summed E-state index contributed by atoms with van der Waals surface area (Å²) in [5.74, 6) is -0.981. The first-order valence-corrected chi connectivity index (χ1v) is 7.06. The van der Waals surface area contributed by atoms with E-state index in [1.54, 1.807) is 6.92 Å². The molecule has 104 valence electrons. The minimum atomic E-state index is -2.00. The number of benzene rings is 1. The molecule has 5 heteroatoms. The molecule has 1 aromatic carbocycles. The normalized spacial score (nSPS) is 23.6. The number of aryl methyl sites for hydroxylation is 1. The molecule has 0 amide bonds. The Hall–Kier alpha value is -0.940. The van der Waals surface area contributed by atoms with E-state index in [9.17, 15) is 14.3 Å². The van der Waals surface area contributed by atoms with Gasteiger partial charge in [-0.05, 0) is 43.0 Å². The van der Waals surface area contributed by atoms with Gasteiger partial charge >= 0.3 is 5.97 Å². The van der Waals surface area contributed by atoms with E-state index in [4.69, 9.17) is 0 Å². The second-order valence-electron chi connectivity index (χ2n) is 4.81. The van der Waals surface area contributed by atoms with Crippen LogP contribution in [-0.2, 0) is 22.4 Å². The number of fused-ring (bicyclic) bond motifs is 1. The van der Waals surface area contributed by atoms with Crippen LogP contribution in [0.3, 0.4) is 0 Å². The van der Waals surface area contributed by atoms with Crippen LogP contribution in [0, 0.1) is 0 Å². The van der Waals surface area contributed by atoms with E-state index in [2.05, 4.69) is 20.7 Å². The molecule has 3 nitrogen and oxygen atoms in total. The molecule has 1 aromatic rings. The number of esters is 1. The Labute approximate surface area is 119 Å². The lowest BCUT2D eigenvalue weighted by molar-refractivity contribution is -0.161. The maximum Gasteiger partial charge on any atom is 0.343 e. The van der Waals surface area contributed by atoms with Crippen molar-refractivity contribution >= 4 is 21.9 Å². The molecule has 2 atom stereocenters. The molecule has 1 N–H and O–H groups in total. The molecule has 0 saturated carbocycles. The standard InChI is InChI=1S/C14H16BrFO3/c1-2-19-13(17)12(16)14(18)6-5-9-7-11(15)4-3-10(9)8-14/h3-4,7,12,18H,2,5-6,8H2,1H3. The van der Waals surface area contributed by atoms with Crippen molar-refractivity contribution in [1.29, 1.82) is 0 Å². The van der Waals surface area contributed by atoms with Crippen LogP contribution < -0.4 is 0 Å². The smallest absolute Gasteiger partial charge is 0.343 e. The van der Waals surface area contributed by atoms with Gasteiger partial charge in [0.05, 0.1) is 6.61 Å². The van der Waals surface area contributed by atoms with Crippen molar-refractivity contribution in [3.8, 4) is 0 Å². The van der Waals surface area contributed by atoms with E-state index in [0.29, 0.717) is 6.42 Å². The number of ether oxygens (including phenoxy) is 1. The van der Waals surface area contributed by atoms with Gasteiger partial charge in [-0.3, -0.25) is 0 Å².